The van der Waals surface area contributed by atoms with Gasteiger partial charge >= 0.3 is 0 Å². The zero-order valence-electron chi connectivity index (χ0n) is 14.2. The predicted molar refractivity (Wildman–Crippen MR) is 89.7 cm³/mol. The Morgan fingerprint density at radius 1 is 1.00 bits per heavy atom. The van der Waals surface area contributed by atoms with E-state index in [1.54, 1.807) is 0 Å². The van der Waals surface area contributed by atoms with Crippen LogP contribution in [0.15, 0.2) is 0 Å². The summed E-state index contributed by atoms with van der Waals surface area (Å²) >= 11 is 0. The lowest BCUT2D eigenvalue weighted by molar-refractivity contribution is 0.141. The Balaban J connectivity index is 1.55. The maximum atomic E-state index is 4.01. The van der Waals surface area contributed by atoms with Gasteiger partial charge in [0, 0.05) is 24.2 Å². The highest BCUT2D eigenvalue weighted by Gasteiger charge is 2.39. The van der Waals surface area contributed by atoms with E-state index < -0.39 is 0 Å². The van der Waals surface area contributed by atoms with E-state index in [1.807, 2.05) is 0 Å². The van der Waals surface area contributed by atoms with Gasteiger partial charge in [-0.15, -0.1) is 0 Å². The third-order valence-electron chi connectivity index (χ3n) is 6.61. The number of nitrogens with one attached hydrogen (secondary N) is 2. The van der Waals surface area contributed by atoms with Crippen LogP contribution in [0.25, 0.3) is 0 Å². The van der Waals surface area contributed by atoms with Crippen molar-refractivity contribution in [1.29, 1.82) is 0 Å². The van der Waals surface area contributed by atoms with E-state index in [2.05, 4.69) is 29.6 Å². The number of nitrogens with zero attached hydrogens (tertiary/aromatic N) is 1. The molecule has 0 spiro atoms. The van der Waals surface area contributed by atoms with Crippen molar-refractivity contribution in [3.05, 3.63) is 0 Å². The molecular formula is C18H35N3. The Bertz CT molecular complexity index is 316. The minimum Gasteiger partial charge on any atom is -0.314 e. The SMILES string of the molecule is CN(C)C1(CNC2CCCC2C2CCCCN2)CCCC1. The molecule has 1 saturated heterocycles. The van der Waals surface area contributed by atoms with Crippen molar-refractivity contribution in [1.82, 2.24) is 15.5 Å². The maximum Gasteiger partial charge on any atom is 0.0327 e. The normalized spacial score (nSPS) is 36.4. The molecule has 0 aromatic heterocycles. The van der Waals surface area contributed by atoms with Gasteiger partial charge in [-0.2, -0.15) is 0 Å². The first kappa shape index (κ1) is 15.8. The molecule has 0 amide bonds. The summed E-state index contributed by atoms with van der Waals surface area (Å²) in [5.41, 5.74) is 0.438. The van der Waals surface area contributed by atoms with Gasteiger partial charge in [0.05, 0.1) is 0 Å². The summed E-state index contributed by atoms with van der Waals surface area (Å²) < 4.78 is 0. The van der Waals surface area contributed by atoms with E-state index in [9.17, 15) is 0 Å². The highest BCUT2D eigenvalue weighted by molar-refractivity contribution is 4.98. The van der Waals surface area contributed by atoms with Crippen molar-refractivity contribution < 1.29 is 0 Å². The smallest absolute Gasteiger partial charge is 0.0327 e. The lowest BCUT2D eigenvalue weighted by Gasteiger charge is -2.39. The highest BCUT2D eigenvalue weighted by Crippen LogP contribution is 2.35. The molecule has 21 heavy (non-hydrogen) atoms. The van der Waals surface area contributed by atoms with Crippen molar-refractivity contribution in [2.45, 2.75) is 81.8 Å². The first-order chi connectivity index (χ1) is 10.2. The number of hydrogen-bond acceptors (Lipinski definition) is 3. The minimum atomic E-state index is 0.438. The fraction of sp³-hybridized carbons (Fsp3) is 1.00. The molecule has 3 aliphatic rings. The van der Waals surface area contributed by atoms with Gasteiger partial charge in [-0.3, -0.25) is 0 Å². The van der Waals surface area contributed by atoms with E-state index in [-0.39, 0.29) is 0 Å². The molecule has 3 atom stereocenters. The molecule has 0 aromatic carbocycles. The Morgan fingerprint density at radius 2 is 1.81 bits per heavy atom. The summed E-state index contributed by atoms with van der Waals surface area (Å²) in [6.45, 7) is 2.45. The van der Waals surface area contributed by atoms with Gasteiger partial charge in [-0.25, -0.2) is 0 Å². The van der Waals surface area contributed by atoms with Crippen LogP contribution in [0.3, 0.4) is 0 Å². The van der Waals surface area contributed by atoms with Crippen molar-refractivity contribution in [3.8, 4) is 0 Å². The largest absolute Gasteiger partial charge is 0.314 e. The molecule has 1 heterocycles. The van der Waals surface area contributed by atoms with E-state index in [0.29, 0.717) is 5.54 Å². The quantitative estimate of drug-likeness (QED) is 0.816. The third kappa shape index (κ3) is 3.46. The Morgan fingerprint density at radius 3 is 2.48 bits per heavy atom. The van der Waals surface area contributed by atoms with Crippen molar-refractivity contribution in [2.75, 3.05) is 27.2 Å². The van der Waals surface area contributed by atoms with E-state index in [0.717, 1.165) is 18.0 Å². The van der Waals surface area contributed by atoms with Crippen molar-refractivity contribution in [2.24, 2.45) is 5.92 Å². The number of hydrogen-bond donors (Lipinski definition) is 2. The second-order valence-corrected chi connectivity index (χ2v) is 7.96. The van der Waals surface area contributed by atoms with Crippen LogP contribution < -0.4 is 10.6 Å². The molecule has 1 aliphatic heterocycles. The summed E-state index contributed by atoms with van der Waals surface area (Å²) in [6.07, 6.45) is 14.1. The number of piperidine rings is 1. The topological polar surface area (TPSA) is 27.3 Å². The zero-order valence-corrected chi connectivity index (χ0v) is 14.2. The van der Waals surface area contributed by atoms with Crippen LogP contribution in [-0.2, 0) is 0 Å². The maximum absolute atomic E-state index is 4.01. The highest BCUT2D eigenvalue weighted by atomic mass is 15.2. The third-order valence-corrected chi connectivity index (χ3v) is 6.61. The van der Waals surface area contributed by atoms with Gasteiger partial charge in [0.1, 0.15) is 0 Å². The van der Waals surface area contributed by atoms with Gasteiger partial charge in [0.25, 0.3) is 0 Å². The van der Waals surface area contributed by atoms with Crippen LogP contribution in [0.4, 0.5) is 0 Å². The van der Waals surface area contributed by atoms with Crippen molar-refractivity contribution >= 4 is 0 Å². The van der Waals surface area contributed by atoms with E-state index >= 15 is 0 Å². The average Bonchev–Trinajstić information content (AvgIpc) is 3.16. The van der Waals surface area contributed by atoms with Gasteiger partial charge in [0.2, 0.25) is 0 Å². The summed E-state index contributed by atoms with van der Waals surface area (Å²) in [7, 11) is 4.56. The first-order valence-corrected chi connectivity index (χ1v) is 9.35. The molecule has 0 bridgehead atoms. The molecule has 2 saturated carbocycles. The lowest BCUT2D eigenvalue weighted by Crippen LogP contribution is -2.54. The van der Waals surface area contributed by atoms with Crippen molar-refractivity contribution in [3.63, 3.8) is 0 Å². The molecule has 2 N–H and O–H groups in total. The fourth-order valence-corrected chi connectivity index (χ4v) is 5.10. The minimum absolute atomic E-state index is 0.438. The predicted octanol–water partition coefficient (Wildman–Crippen LogP) is 2.76. The van der Waals surface area contributed by atoms with Crippen LogP contribution >= 0.6 is 0 Å². The number of likely N-dealkylation sites (N-methyl/N-ethyl adjacent to an activating group) is 1. The Kier molecular flexibility index (Phi) is 5.23. The van der Waals surface area contributed by atoms with Gasteiger partial charge in [0.15, 0.2) is 0 Å². The summed E-state index contributed by atoms with van der Waals surface area (Å²) in [4.78, 5) is 2.50. The standard InChI is InChI=1S/C18H35N3/c1-21(2)18(11-4-5-12-18)14-20-17-10-7-8-15(17)16-9-3-6-13-19-16/h15-17,19-20H,3-14H2,1-2H3. The van der Waals surface area contributed by atoms with Crippen LogP contribution in [0, 0.1) is 5.92 Å². The van der Waals surface area contributed by atoms with Crippen LogP contribution in [0.5, 0.6) is 0 Å². The second-order valence-electron chi connectivity index (χ2n) is 7.96. The fourth-order valence-electron chi connectivity index (χ4n) is 5.10. The van der Waals surface area contributed by atoms with Gasteiger partial charge in [-0.05, 0) is 65.1 Å². The van der Waals surface area contributed by atoms with E-state index in [1.165, 1.54) is 77.3 Å². The first-order valence-electron chi connectivity index (χ1n) is 9.35. The monoisotopic (exact) mass is 293 g/mol. The summed E-state index contributed by atoms with van der Waals surface area (Å²) in [6, 6.07) is 1.55. The molecule has 0 radical (unpaired) electrons. The van der Waals surface area contributed by atoms with Crippen LogP contribution in [0.1, 0.15) is 64.2 Å². The zero-order chi connectivity index (χ0) is 14.7. The molecule has 0 aromatic rings. The molecule has 122 valence electrons. The molecular weight excluding hydrogens is 258 g/mol. The van der Waals surface area contributed by atoms with E-state index in [4.69, 9.17) is 0 Å². The van der Waals surface area contributed by atoms with Gasteiger partial charge < -0.3 is 15.5 Å². The Labute approximate surface area is 131 Å². The summed E-state index contributed by atoms with van der Waals surface area (Å²) in [5.74, 6) is 0.880. The number of rotatable bonds is 5. The molecule has 3 rings (SSSR count). The average molecular weight is 293 g/mol. The molecule has 3 heteroatoms. The van der Waals surface area contributed by atoms with Crippen LogP contribution in [0.2, 0.25) is 0 Å². The molecule has 3 unspecified atom stereocenters. The molecule has 2 aliphatic carbocycles. The second kappa shape index (κ2) is 6.97. The molecule has 3 fully saturated rings. The lowest BCUT2D eigenvalue weighted by atomic mass is 9.87. The van der Waals surface area contributed by atoms with Gasteiger partial charge in [-0.1, -0.05) is 25.7 Å². The Hall–Kier alpha value is -0.120. The summed E-state index contributed by atoms with van der Waals surface area (Å²) in [5, 5.41) is 7.81. The van der Waals surface area contributed by atoms with Crippen LogP contribution in [-0.4, -0.2) is 49.7 Å². The molecule has 3 nitrogen and oxygen atoms in total.